The number of ether oxygens (including phenoxy) is 1. The molecule has 0 radical (unpaired) electrons. The lowest BCUT2D eigenvalue weighted by Crippen LogP contribution is -2.18. The summed E-state index contributed by atoms with van der Waals surface area (Å²) < 4.78 is 5.11. The lowest BCUT2D eigenvalue weighted by atomic mass is 10.0. The second-order valence-corrected chi connectivity index (χ2v) is 3.40. The Hall–Kier alpha value is -1.15. The molecule has 1 atom stereocenters. The van der Waals surface area contributed by atoms with Gasteiger partial charge in [-0.2, -0.15) is 0 Å². The molecule has 0 saturated heterocycles. The number of carbonyl (C=O) groups is 1. The minimum Gasteiger partial charge on any atom is -0.373 e. The van der Waals surface area contributed by atoms with E-state index in [4.69, 9.17) is 4.74 Å². The molecule has 2 rings (SSSR count). The van der Waals surface area contributed by atoms with Gasteiger partial charge in [-0.1, -0.05) is 18.2 Å². The maximum atomic E-state index is 11.7. The van der Waals surface area contributed by atoms with Crippen LogP contribution in [0.1, 0.15) is 21.5 Å². The van der Waals surface area contributed by atoms with Crippen molar-refractivity contribution in [3.05, 3.63) is 34.9 Å². The average Bonchev–Trinajstić information content (AvgIpc) is 2.44. The van der Waals surface area contributed by atoms with Gasteiger partial charge in [0.05, 0.1) is 0 Å². The Morgan fingerprint density at radius 2 is 2.23 bits per heavy atom. The molecule has 68 valence electrons. The van der Waals surface area contributed by atoms with Gasteiger partial charge in [0, 0.05) is 19.1 Å². The van der Waals surface area contributed by atoms with E-state index < -0.39 is 0 Å². The third kappa shape index (κ3) is 1.18. The van der Waals surface area contributed by atoms with Gasteiger partial charge < -0.3 is 4.74 Å². The summed E-state index contributed by atoms with van der Waals surface area (Å²) in [7, 11) is 1.59. The zero-order valence-electron chi connectivity index (χ0n) is 7.83. The first kappa shape index (κ1) is 8.45. The van der Waals surface area contributed by atoms with Crippen molar-refractivity contribution in [3.63, 3.8) is 0 Å². The molecule has 13 heavy (non-hydrogen) atoms. The molecule has 0 amide bonds. The summed E-state index contributed by atoms with van der Waals surface area (Å²) in [6.45, 7) is 1.97. The summed E-state index contributed by atoms with van der Waals surface area (Å²) in [4.78, 5) is 11.7. The van der Waals surface area contributed by atoms with Gasteiger partial charge in [0.1, 0.15) is 6.10 Å². The molecule has 1 aliphatic rings. The Bertz CT molecular complexity index is 355. The van der Waals surface area contributed by atoms with Crippen molar-refractivity contribution >= 4 is 5.78 Å². The smallest absolute Gasteiger partial charge is 0.192 e. The van der Waals surface area contributed by atoms with Gasteiger partial charge in [-0.05, 0) is 18.1 Å². The topological polar surface area (TPSA) is 26.3 Å². The molecule has 0 heterocycles. The lowest BCUT2D eigenvalue weighted by molar-refractivity contribution is 0.0646. The number of aryl methyl sites for hydroxylation is 1. The van der Waals surface area contributed by atoms with E-state index in [9.17, 15) is 4.79 Å². The maximum Gasteiger partial charge on any atom is 0.192 e. The fourth-order valence-electron chi connectivity index (χ4n) is 1.89. The standard InChI is InChI=1S/C11H12O2/c1-7-4-3-5-8-6-9(13-2)11(12)10(7)8/h3-5,9H,6H2,1-2H3. The molecule has 0 bridgehead atoms. The number of benzene rings is 1. The number of hydrogen-bond acceptors (Lipinski definition) is 2. The lowest BCUT2D eigenvalue weighted by Gasteiger charge is -2.03. The predicted molar refractivity (Wildman–Crippen MR) is 50.0 cm³/mol. The summed E-state index contributed by atoms with van der Waals surface area (Å²) >= 11 is 0. The zero-order valence-corrected chi connectivity index (χ0v) is 7.83. The highest BCUT2D eigenvalue weighted by atomic mass is 16.5. The largest absolute Gasteiger partial charge is 0.373 e. The molecule has 2 heteroatoms. The number of fused-ring (bicyclic) bond motifs is 1. The first-order chi connectivity index (χ1) is 6.24. The van der Waals surface area contributed by atoms with Crippen molar-refractivity contribution < 1.29 is 9.53 Å². The van der Waals surface area contributed by atoms with Crippen molar-refractivity contribution in [2.24, 2.45) is 0 Å². The Morgan fingerprint density at radius 3 is 2.85 bits per heavy atom. The van der Waals surface area contributed by atoms with Crippen LogP contribution in [0.4, 0.5) is 0 Å². The first-order valence-electron chi connectivity index (χ1n) is 4.39. The fraction of sp³-hybridized carbons (Fsp3) is 0.364. The monoisotopic (exact) mass is 176 g/mol. The highest BCUT2D eigenvalue weighted by Gasteiger charge is 2.31. The average molecular weight is 176 g/mol. The van der Waals surface area contributed by atoms with Gasteiger partial charge in [-0.3, -0.25) is 4.79 Å². The summed E-state index contributed by atoms with van der Waals surface area (Å²) in [5, 5.41) is 0. The van der Waals surface area contributed by atoms with E-state index in [0.29, 0.717) is 0 Å². The van der Waals surface area contributed by atoms with Crippen LogP contribution >= 0.6 is 0 Å². The third-order valence-corrected chi connectivity index (χ3v) is 2.59. The van der Waals surface area contributed by atoms with Crippen molar-refractivity contribution in [1.29, 1.82) is 0 Å². The van der Waals surface area contributed by atoms with Crippen molar-refractivity contribution in [2.45, 2.75) is 19.4 Å². The molecule has 0 N–H and O–H groups in total. The minimum atomic E-state index is -0.254. The molecule has 0 aliphatic heterocycles. The van der Waals surface area contributed by atoms with E-state index in [-0.39, 0.29) is 11.9 Å². The van der Waals surface area contributed by atoms with Crippen LogP contribution in [0.25, 0.3) is 0 Å². The molecular formula is C11H12O2. The summed E-state index contributed by atoms with van der Waals surface area (Å²) in [6, 6.07) is 5.95. The number of methoxy groups -OCH3 is 1. The van der Waals surface area contributed by atoms with Crippen LogP contribution in [-0.4, -0.2) is 19.0 Å². The van der Waals surface area contributed by atoms with E-state index in [1.807, 2.05) is 25.1 Å². The van der Waals surface area contributed by atoms with Gasteiger partial charge in [0.15, 0.2) is 5.78 Å². The van der Waals surface area contributed by atoms with E-state index in [1.54, 1.807) is 7.11 Å². The van der Waals surface area contributed by atoms with Gasteiger partial charge >= 0.3 is 0 Å². The molecular weight excluding hydrogens is 164 g/mol. The molecule has 0 fully saturated rings. The predicted octanol–water partition coefficient (Wildman–Crippen LogP) is 1.75. The van der Waals surface area contributed by atoms with Crippen molar-refractivity contribution in [3.8, 4) is 0 Å². The zero-order chi connectivity index (χ0) is 9.42. The van der Waals surface area contributed by atoms with Gasteiger partial charge in [-0.15, -0.1) is 0 Å². The van der Waals surface area contributed by atoms with Crippen LogP contribution in [0.15, 0.2) is 18.2 Å². The molecule has 0 spiro atoms. The second kappa shape index (κ2) is 2.96. The number of Topliss-reactive ketones (excluding diaryl/α,β-unsaturated/α-hetero) is 1. The van der Waals surface area contributed by atoms with E-state index in [0.717, 1.165) is 23.1 Å². The van der Waals surface area contributed by atoms with Gasteiger partial charge in [0.25, 0.3) is 0 Å². The molecule has 0 aromatic heterocycles. The summed E-state index contributed by atoms with van der Waals surface area (Å²) in [5.74, 6) is 0.135. The van der Waals surface area contributed by atoms with Gasteiger partial charge in [-0.25, -0.2) is 0 Å². The van der Waals surface area contributed by atoms with E-state index in [2.05, 4.69) is 0 Å². The minimum absolute atomic E-state index is 0.135. The normalized spacial score (nSPS) is 20.5. The highest BCUT2D eigenvalue weighted by Crippen LogP contribution is 2.26. The van der Waals surface area contributed by atoms with Crippen LogP contribution in [0.5, 0.6) is 0 Å². The Kier molecular flexibility index (Phi) is 1.93. The van der Waals surface area contributed by atoms with Crippen LogP contribution in [0, 0.1) is 6.92 Å². The Morgan fingerprint density at radius 1 is 1.46 bits per heavy atom. The number of carbonyl (C=O) groups excluding carboxylic acids is 1. The van der Waals surface area contributed by atoms with E-state index in [1.165, 1.54) is 0 Å². The first-order valence-corrected chi connectivity index (χ1v) is 4.39. The summed E-state index contributed by atoms with van der Waals surface area (Å²) in [5.41, 5.74) is 3.05. The number of ketones is 1. The highest BCUT2D eigenvalue weighted by molar-refractivity contribution is 6.05. The molecule has 0 saturated carbocycles. The van der Waals surface area contributed by atoms with Crippen molar-refractivity contribution in [1.82, 2.24) is 0 Å². The second-order valence-electron chi connectivity index (χ2n) is 3.40. The molecule has 1 unspecified atom stereocenters. The number of rotatable bonds is 1. The Balaban J connectivity index is 2.50. The van der Waals surface area contributed by atoms with Crippen LogP contribution in [0.2, 0.25) is 0 Å². The van der Waals surface area contributed by atoms with Crippen LogP contribution < -0.4 is 0 Å². The SMILES string of the molecule is COC1Cc2cccc(C)c2C1=O. The van der Waals surface area contributed by atoms with Crippen LogP contribution in [-0.2, 0) is 11.2 Å². The molecule has 1 aromatic carbocycles. The third-order valence-electron chi connectivity index (χ3n) is 2.59. The number of hydrogen-bond donors (Lipinski definition) is 0. The van der Waals surface area contributed by atoms with Gasteiger partial charge in [0.2, 0.25) is 0 Å². The fourth-order valence-corrected chi connectivity index (χ4v) is 1.89. The van der Waals surface area contributed by atoms with Crippen LogP contribution in [0.3, 0.4) is 0 Å². The van der Waals surface area contributed by atoms with Crippen molar-refractivity contribution in [2.75, 3.05) is 7.11 Å². The quantitative estimate of drug-likeness (QED) is 0.651. The van der Waals surface area contributed by atoms with E-state index >= 15 is 0 Å². The summed E-state index contributed by atoms with van der Waals surface area (Å²) in [6.07, 6.45) is 0.475. The molecule has 1 aliphatic carbocycles. The molecule has 1 aromatic rings. The molecule has 2 nitrogen and oxygen atoms in total. The Labute approximate surface area is 77.5 Å². The maximum absolute atomic E-state index is 11.7.